The van der Waals surface area contributed by atoms with Gasteiger partial charge in [0.05, 0.1) is 12.7 Å². The second-order valence-electron chi connectivity index (χ2n) is 4.89. The molecule has 1 atom stereocenters. The van der Waals surface area contributed by atoms with Crippen molar-refractivity contribution >= 4 is 0 Å². The van der Waals surface area contributed by atoms with Gasteiger partial charge in [-0.15, -0.1) is 0 Å². The highest BCUT2D eigenvalue weighted by atomic mass is 16.5. The first kappa shape index (κ1) is 14.2. The molecule has 2 heteroatoms. The maximum atomic E-state index is 5.74. The fourth-order valence-electron chi connectivity index (χ4n) is 1.51. The zero-order valence-corrected chi connectivity index (χ0v) is 11.5. The van der Waals surface area contributed by atoms with E-state index in [-0.39, 0.29) is 0 Å². The minimum Gasteiger partial charge on any atom is -0.374 e. The van der Waals surface area contributed by atoms with Crippen LogP contribution in [0.5, 0.6) is 0 Å². The van der Waals surface area contributed by atoms with E-state index in [1.807, 2.05) is 0 Å². The number of benzene rings is 1. The van der Waals surface area contributed by atoms with Gasteiger partial charge in [-0.05, 0) is 24.5 Å². The number of hydrogen-bond acceptors (Lipinski definition) is 2. The van der Waals surface area contributed by atoms with Crippen molar-refractivity contribution in [2.75, 3.05) is 0 Å². The summed E-state index contributed by atoms with van der Waals surface area (Å²) in [5, 5.41) is 3.42. The van der Waals surface area contributed by atoms with Crippen molar-refractivity contribution in [1.82, 2.24) is 5.32 Å². The number of rotatable bonds is 7. The molecule has 0 aromatic heterocycles. The van der Waals surface area contributed by atoms with Gasteiger partial charge in [-0.2, -0.15) is 0 Å². The van der Waals surface area contributed by atoms with Crippen LogP contribution in [0.3, 0.4) is 0 Å². The Morgan fingerprint density at radius 2 is 1.88 bits per heavy atom. The van der Waals surface area contributed by atoms with Crippen molar-refractivity contribution in [2.45, 2.75) is 59.4 Å². The van der Waals surface area contributed by atoms with E-state index in [9.17, 15) is 0 Å². The highest BCUT2D eigenvalue weighted by Crippen LogP contribution is 2.09. The van der Waals surface area contributed by atoms with Gasteiger partial charge in [-0.3, -0.25) is 0 Å². The first-order valence-corrected chi connectivity index (χ1v) is 6.54. The van der Waals surface area contributed by atoms with Crippen LogP contribution in [0.25, 0.3) is 0 Å². The van der Waals surface area contributed by atoms with Crippen molar-refractivity contribution in [3.05, 3.63) is 35.4 Å². The third-order valence-corrected chi connectivity index (χ3v) is 2.82. The largest absolute Gasteiger partial charge is 0.374 e. The average molecular weight is 235 g/mol. The van der Waals surface area contributed by atoms with Gasteiger partial charge in [0.1, 0.15) is 0 Å². The molecule has 1 unspecified atom stereocenters. The minimum atomic E-state index is 0.340. The van der Waals surface area contributed by atoms with E-state index < -0.39 is 0 Å². The Balaban J connectivity index is 2.47. The molecule has 1 aromatic carbocycles. The quantitative estimate of drug-likeness (QED) is 0.781. The Kier molecular flexibility index (Phi) is 6.23. The van der Waals surface area contributed by atoms with Crippen LogP contribution in [0.1, 0.15) is 45.2 Å². The predicted molar refractivity (Wildman–Crippen MR) is 73.0 cm³/mol. The van der Waals surface area contributed by atoms with Gasteiger partial charge in [-0.1, -0.05) is 45.0 Å². The molecule has 0 aliphatic rings. The van der Waals surface area contributed by atoms with Gasteiger partial charge >= 0.3 is 0 Å². The summed E-state index contributed by atoms with van der Waals surface area (Å²) in [4.78, 5) is 0. The third-order valence-electron chi connectivity index (χ3n) is 2.82. The number of nitrogens with one attached hydrogen (secondary N) is 1. The molecule has 96 valence electrons. The van der Waals surface area contributed by atoms with Crippen LogP contribution in [0.4, 0.5) is 0 Å². The molecule has 0 saturated heterocycles. The van der Waals surface area contributed by atoms with Crippen molar-refractivity contribution in [3.63, 3.8) is 0 Å². The third kappa shape index (κ3) is 5.85. The van der Waals surface area contributed by atoms with E-state index in [1.54, 1.807) is 0 Å². The molecule has 0 heterocycles. The van der Waals surface area contributed by atoms with E-state index in [4.69, 9.17) is 4.74 Å². The summed E-state index contributed by atoms with van der Waals surface area (Å²) in [5.74, 6) is 0. The first-order chi connectivity index (χ1) is 8.11. The molecule has 1 rings (SSSR count). The lowest BCUT2D eigenvalue weighted by atomic mass is 10.1. The molecule has 0 saturated carbocycles. The molecule has 2 nitrogen and oxygen atoms in total. The highest BCUT2D eigenvalue weighted by molar-refractivity contribution is 5.22. The summed E-state index contributed by atoms with van der Waals surface area (Å²) in [6.45, 7) is 10.2. The summed E-state index contributed by atoms with van der Waals surface area (Å²) in [6.07, 6.45) is 1.40. The summed E-state index contributed by atoms with van der Waals surface area (Å²) in [7, 11) is 0. The van der Waals surface area contributed by atoms with Gasteiger partial charge in [0.25, 0.3) is 0 Å². The smallest absolute Gasteiger partial charge is 0.0720 e. The SMILES string of the molecule is CCC(C)OCc1cccc(CNC(C)C)c1. The molecule has 0 amide bonds. The van der Waals surface area contributed by atoms with E-state index in [2.05, 4.69) is 57.3 Å². The van der Waals surface area contributed by atoms with E-state index in [1.165, 1.54) is 11.1 Å². The minimum absolute atomic E-state index is 0.340. The predicted octanol–water partition coefficient (Wildman–Crippen LogP) is 3.50. The first-order valence-electron chi connectivity index (χ1n) is 6.54. The van der Waals surface area contributed by atoms with Crippen LogP contribution in [0, 0.1) is 0 Å². The Labute approximate surface area is 105 Å². The number of hydrogen-bond donors (Lipinski definition) is 1. The van der Waals surface area contributed by atoms with Gasteiger partial charge < -0.3 is 10.1 Å². The monoisotopic (exact) mass is 235 g/mol. The lowest BCUT2D eigenvalue weighted by Crippen LogP contribution is -2.21. The second-order valence-corrected chi connectivity index (χ2v) is 4.89. The molecule has 0 bridgehead atoms. The number of ether oxygens (including phenoxy) is 1. The molecule has 0 spiro atoms. The molecular weight excluding hydrogens is 210 g/mol. The van der Waals surface area contributed by atoms with Gasteiger partial charge in [0.2, 0.25) is 0 Å². The zero-order valence-electron chi connectivity index (χ0n) is 11.5. The van der Waals surface area contributed by atoms with Crippen molar-refractivity contribution < 1.29 is 4.74 Å². The van der Waals surface area contributed by atoms with Crippen LogP contribution in [0.15, 0.2) is 24.3 Å². The lowest BCUT2D eigenvalue weighted by Gasteiger charge is -2.12. The molecule has 0 radical (unpaired) electrons. The Morgan fingerprint density at radius 1 is 1.18 bits per heavy atom. The molecule has 0 fully saturated rings. The van der Waals surface area contributed by atoms with Crippen LogP contribution >= 0.6 is 0 Å². The standard InChI is InChI=1S/C15H25NO/c1-5-13(4)17-11-15-8-6-7-14(9-15)10-16-12(2)3/h6-9,12-13,16H,5,10-11H2,1-4H3. The van der Waals surface area contributed by atoms with Crippen LogP contribution in [-0.2, 0) is 17.9 Å². The van der Waals surface area contributed by atoms with Gasteiger partial charge in [0.15, 0.2) is 0 Å². The molecule has 17 heavy (non-hydrogen) atoms. The van der Waals surface area contributed by atoms with E-state index in [0.717, 1.165) is 13.0 Å². The summed E-state index contributed by atoms with van der Waals surface area (Å²) in [5.41, 5.74) is 2.58. The molecule has 0 aliphatic heterocycles. The molecular formula is C15H25NO. The second kappa shape index (κ2) is 7.46. The topological polar surface area (TPSA) is 21.3 Å². The zero-order chi connectivity index (χ0) is 12.7. The molecule has 0 aliphatic carbocycles. The Hall–Kier alpha value is -0.860. The fourth-order valence-corrected chi connectivity index (χ4v) is 1.51. The fraction of sp³-hybridized carbons (Fsp3) is 0.600. The maximum Gasteiger partial charge on any atom is 0.0720 e. The van der Waals surface area contributed by atoms with Gasteiger partial charge in [0, 0.05) is 12.6 Å². The van der Waals surface area contributed by atoms with Crippen LogP contribution in [-0.4, -0.2) is 12.1 Å². The summed E-state index contributed by atoms with van der Waals surface area (Å²) < 4.78 is 5.74. The molecule has 1 N–H and O–H groups in total. The van der Waals surface area contributed by atoms with Gasteiger partial charge in [-0.25, -0.2) is 0 Å². The Bertz CT molecular complexity index is 322. The van der Waals surface area contributed by atoms with Crippen molar-refractivity contribution in [3.8, 4) is 0 Å². The van der Waals surface area contributed by atoms with E-state index >= 15 is 0 Å². The highest BCUT2D eigenvalue weighted by Gasteiger charge is 2.01. The van der Waals surface area contributed by atoms with Crippen LogP contribution < -0.4 is 5.32 Å². The van der Waals surface area contributed by atoms with Crippen LogP contribution in [0.2, 0.25) is 0 Å². The van der Waals surface area contributed by atoms with Crippen molar-refractivity contribution in [2.24, 2.45) is 0 Å². The normalized spacial score (nSPS) is 13.0. The summed E-state index contributed by atoms with van der Waals surface area (Å²) in [6, 6.07) is 9.13. The maximum absolute atomic E-state index is 5.74. The Morgan fingerprint density at radius 3 is 2.53 bits per heavy atom. The van der Waals surface area contributed by atoms with E-state index in [0.29, 0.717) is 18.8 Å². The summed E-state index contributed by atoms with van der Waals surface area (Å²) >= 11 is 0. The lowest BCUT2D eigenvalue weighted by molar-refractivity contribution is 0.0508. The average Bonchev–Trinajstić information content (AvgIpc) is 2.34. The molecule has 1 aromatic rings. The van der Waals surface area contributed by atoms with Crippen molar-refractivity contribution in [1.29, 1.82) is 0 Å².